The number of aromatic nitrogens is 3. The van der Waals surface area contributed by atoms with Crippen LogP contribution in [0.4, 0.5) is 5.13 Å². The second-order valence-corrected chi connectivity index (χ2v) is 4.73. The summed E-state index contributed by atoms with van der Waals surface area (Å²) in [5.74, 6) is 0. The Bertz CT molecular complexity index is 548. The third-order valence-corrected chi connectivity index (χ3v) is 3.41. The number of hydrogen-bond acceptors (Lipinski definition) is 5. The van der Waals surface area contributed by atoms with Crippen LogP contribution < -0.4 is 5.32 Å². The van der Waals surface area contributed by atoms with E-state index in [1.165, 1.54) is 0 Å². The molecule has 6 heteroatoms. The minimum atomic E-state index is 0.660. The Morgan fingerprint density at radius 2 is 2.35 bits per heavy atom. The molecule has 0 aliphatic heterocycles. The van der Waals surface area contributed by atoms with Gasteiger partial charge in [0, 0.05) is 19.8 Å². The Morgan fingerprint density at radius 3 is 2.94 bits per heavy atom. The molecule has 17 heavy (non-hydrogen) atoms. The lowest BCUT2D eigenvalue weighted by Gasteiger charge is -1.97. The maximum atomic E-state index is 8.84. The van der Waals surface area contributed by atoms with Crippen LogP contribution >= 0.6 is 11.3 Å². The summed E-state index contributed by atoms with van der Waals surface area (Å²) in [6, 6.07) is 4.01. The van der Waals surface area contributed by atoms with Crippen molar-refractivity contribution in [2.45, 2.75) is 19.9 Å². The second kappa shape index (κ2) is 4.97. The van der Waals surface area contributed by atoms with Crippen molar-refractivity contribution < 1.29 is 0 Å². The van der Waals surface area contributed by atoms with Crippen molar-refractivity contribution >= 4 is 16.5 Å². The lowest BCUT2D eigenvalue weighted by Crippen LogP contribution is -1.97. The molecule has 0 unspecified atom stereocenters. The SMILES string of the molecule is CCc1nnc(NCc2cc(C#N)n(C)c2)s1. The van der Waals surface area contributed by atoms with Gasteiger partial charge in [-0.1, -0.05) is 18.3 Å². The average Bonchev–Trinajstić information content (AvgIpc) is 2.92. The first-order valence-electron chi connectivity index (χ1n) is 5.34. The van der Waals surface area contributed by atoms with Gasteiger partial charge in [0.25, 0.3) is 0 Å². The maximum absolute atomic E-state index is 8.84. The molecule has 2 aromatic rings. The fourth-order valence-electron chi connectivity index (χ4n) is 1.49. The van der Waals surface area contributed by atoms with Crippen LogP contribution in [-0.4, -0.2) is 14.8 Å². The van der Waals surface area contributed by atoms with E-state index >= 15 is 0 Å². The molecule has 2 aromatic heterocycles. The zero-order valence-electron chi connectivity index (χ0n) is 9.77. The zero-order chi connectivity index (χ0) is 12.3. The largest absolute Gasteiger partial charge is 0.356 e. The highest BCUT2D eigenvalue weighted by Gasteiger charge is 2.04. The molecular formula is C11H13N5S. The minimum Gasteiger partial charge on any atom is -0.356 e. The smallest absolute Gasteiger partial charge is 0.205 e. The fraction of sp³-hybridized carbons (Fsp3) is 0.364. The van der Waals surface area contributed by atoms with Crippen LogP contribution in [0.5, 0.6) is 0 Å². The van der Waals surface area contributed by atoms with E-state index in [1.54, 1.807) is 11.3 Å². The van der Waals surface area contributed by atoms with Crippen LogP contribution in [0.3, 0.4) is 0 Å². The van der Waals surface area contributed by atoms with Gasteiger partial charge in [-0.25, -0.2) is 0 Å². The third kappa shape index (κ3) is 2.63. The lowest BCUT2D eigenvalue weighted by atomic mass is 10.3. The number of hydrogen-bond donors (Lipinski definition) is 1. The van der Waals surface area contributed by atoms with Crippen molar-refractivity contribution in [2.75, 3.05) is 5.32 Å². The van der Waals surface area contributed by atoms with Gasteiger partial charge in [0.2, 0.25) is 5.13 Å². The maximum Gasteiger partial charge on any atom is 0.205 e. The highest BCUT2D eigenvalue weighted by Crippen LogP contribution is 2.16. The van der Waals surface area contributed by atoms with Crippen LogP contribution in [0.2, 0.25) is 0 Å². The summed E-state index contributed by atoms with van der Waals surface area (Å²) in [6.07, 6.45) is 2.84. The Morgan fingerprint density at radius 1 is 1.53 bits per heavy atom. The molecular weight excluding hydrogens is 234 g/mol. The average molecular weight is 247 g/mol. The predicted molar refractivity (Wildman–Crippen MR) is 66.7 cm³/mol. The number of nitrogens with one attached hydrogen (secondary N) is 1. The molecule has 0 saturated heterocycles. The molecule has 0 bridgehead atoms. The monoisotopic (exact) mass is 247 g/mol. The zero-order valence-corrected chi connectivity index (χ0v) is 10.6. The van der Waals surface area contributed by atoms with Crippen LogP contribution in [-0.2, 0) is 20.0 Å². The first kappa shape index (κ1) is 11.6. The summed E-state index contributed by atoms with van der Waals surface area (Å²) < 4.78 is 1.81. The molecule has 0 atom stereocenters. The van der Waals surface area contributed by atoms with E-state index in [-0.39, 0.29) is 0 Å². The Kier molecular flexibility index (Phi) is 3.40. The van der Waals surface area contributed by atoms with Crippen molar-refractivity contribution in [2.24, 2.45) is 7.05 Å². The van der Waals surface area contributed by atoms with Gasteiger partial charge in [-0.2, -0.15) is 5.26 Å². The summed E-state index contributed by atoms with van der Waals surface area (Å²) in [6.45, 7) is 2.72. The third-order valence-electron chi connectivity index (χ3n) is 2.39. The lowest BCUT2D eigenvalue weighted by molar-refractivity contribution is 0.901. The first-order valence-corrected chi connectivity index (χ1v) is 6.16. The quantitative estimate of drug-likeness (QED) is 0.896. The molecule has 0 aliphatic carbocycles. The van der Waals surface area contributed by atoms with Crippen LogP contribution in [0.15, 0.2) is 12.3 Å². The van der Waals surface area contributed by atoms with Crippen molar-refractivity contribution in [3.63, 3.8) is 0 Å². The van der Waals surface area contributed by atoms with Gasteiger partial charge < -0.3 is 9.88 Å². The van der Waals surface area contributed by atoms with E-state index < -0.39 is 0 Å². The minimum absolute atomic E-state index is 0.660. The van der Waals surface area contributed by atoms with Gasteiger partial charge in [0.15, 0.2) is 0 Å². The molecule has 88 valence electrons. The molecule has 0 fully saturated rings. The molecule has 0 saturated carbocycles. The van der Waals surface area contributed by atoms with Gasteiger partial charge in [0.05, 0.1) is 0 Å². The highest BCUT2D eigenvalue weighted by molar-refractivity contribution is 7.15. The normalized spacial score (nSPS) is 10.2. The standard InChI is InChI=1S/C11H13N5S/c1-3-10-14-15-11(17-10)13-6-8-4-9(5-12)16(2)7-8/h4,7H,3,6H2,1-2H3,(H,13,15). The summed E-state index contributed by atoms with van der Waals surface area (Å²) in [7, 11) is 1.86. The van der Waals surface area contributed by atoms with Crippen molar-refractivity contribution in [1.29, 1.82) is 5.26 Å². The Labute approximate surface area is 104 Å². The van der Waals surface area contributed by atoms with E-state index in [2.05, 4.69) is 28.5 Å². The summed E-state index contributed by atoms with van der Waals surface area (Å²) in [5, 5.41) is 22.0. The summed E-state index contributed by atoms with van der Waals surface area (Å²) in [5.41, 5.74) is 1.73. The van der Waals surface area contributed by atoms with E-state index in [0.29, 0.717) is 12.2 Å². The molecule has 0 spiro atoms. The van der Waals surface area contributed by atoms with Gasteiger partial charge in [0.1, 0.15) is 16.8 Å². The number of nitrogens with zero attached hydrogens (tertiary/aromatic N) is 4. The van der Waals surface area contributed by atoms with Crippen molar-refractivity contribution in [1.82, 2.24) is 14.8 Å². The topological polar surface area (TPSA) is 66.5 Å². The molecule has 0 aromatic carbocycles. The first-order chi connectivity index (χ1) is 8.22. The summed E-state index contributed by atoms with van der Waals surface area (Å²) >= 11 is 1.56. The van der Waals surface area contributed by atoms with E-state index in [0.717, 1.165) is 22.1 Å². The van der Waals surface area contributed by atoms with Gasteiger partial charge >= 0.3 is 0 Å². The predicted octanol–water partition coefficient (Wildman–Crippen LogP) is 1.92. The van der Waals surface area contributed by atoms with Crippen LogP contribution in [0, 0.1) is 11.3 Å². The Balaban J connectivity index is 2.00. The molecule has 0 aliphatic rings. The molecule has 5 nitrogen and oxygen atoms in total. The van der Waals surface area contributed by atoms with Gasteiger partial charge in [-0.15, -0.1) is 10.2 Å². The molecule has 0 radical (unpaired) electrons. The van der Waals surface area contributed by atoms with Gasteiger partial charge in [-0.3, -0.25) is 0 Å². The fourth-order valence-corrected chi connectivity index (χ4v) is 2.16. The summed E-state index contributed by atoms with van der Waals surface area (Å²) in [4.78, 5) is 0. The molecule has 0 amide bonds. The Hall–Kier alpha value is -1.87. The van der Waals surface area contributed by atoms with Gasteiger partial charge in [-0.05, 0) is 18.1 Å². The van der Waals surface area contributed by atoms with Crippen molar-refractivity contribution in [3.8, 4) is 6.07 Å². The van der Waals surface area contributed by atoms with E-state index in [1.807, 2.05) is 23.9 Å². The van der Waals surface area contributed by atoms with Crippen molar-refractivity contribution in [3.05, 3.63) is 28.5 Å². The number of anilines is 1. The number of aryl methyl sites for hydroxylation is 2. The van der Waals surface area contributed by atoms with E-state index in [9.17, 15) is 0 Å². The number of nitriles is 1. The molecule has 2 heterocycles. The van der Waals surface area contributed by atoms with Crippen LogP contribution in [0.25, 0.3) is 0 Å². The molecule has 2 rings (SSSR count). The molecule has 1 N–H and O–H groups in total. The number of rotatable bonds is 4. The van der Waals surface area contributed by atoms with Crippen LogP contribution in [0.1, 0.15) is 23.2 Å². The highest BCUT2D eigenvalue weighted by atomic mass is 32.1. The second-order valence-electron chi connectivity index (χ2n) is 3.66. The van der Waals surface area contributed by atoms with E-state index in [4.69, 9.17) is 5.26 Å².